The molecule has 0 saturated heterocycles. The molecule has 1 aliphatic rings. The lowest BCUT2D eigenvalue weighted by atomic mass is 10.00. The topological polar surface area (TPSA) is 21.3 Å². The van der Waals surface area contributed by atoms with Gasteiger partial charge in [-0.3, -0.25) is 0 Å². The van der Waals surface area contributed by atoms with Crippen LogP contribution in [0, 0.1) is 11.6 Å². The average Bonchev–Trinajstić information content (AvgIpc) is 2.16. The highest BCUT2D eigenvalue weighted by Gasteiger charge is 2.24. The second kappa shape index (κ2) is 3.53. The van der Waals surface area contributed by atoms with Gasteiger partial charge in [-0.2, -0.15) is 0 Å². The van der Waals surface area contributed by atoms with Crippen molar-refractivity contribution in [1.82, 2.24) is 5.32 Å². The molecular formula is C10H11F2NO. The van der Waals surface area contributed by atoms with Gasteiger partial charge in [0.2, 0.25) is 0 Å². The Morgan fingerprint density at radius 3 is 2.93 bits per heavy atom. The van der Waals surface area contributed by atoms with Crippen LogP contribution in [-0.4, -0.2) is 13.7 Å². The van der Waals surface area contributed by atoms with Crippen LogP contribution >= 0.6 is 0 Å². The van der Waals surface area contributed by atoms with Gasteiger partial charge in [0, 0.05) is 30.2 Å². The third kappa shape index (κ3) is 1.46. The molecule has 14 heavy (non-hydrogen) atoms. The number of nitrogens with one attached hydrogen (secondary N) is 1. The van der Waals surface area contributed by atoms with Crippen molar-refractivity contribution in [2.75, 3.05) is 13.7 Å². The summed E-state index contributed by atoms with van der Waals surface area (Å²) in [4.78, 5) is 0. The molecule has 0 bridgehead atoms. The number of benzene rings is 1. The van der Waals surface area contributed by atoms with Crippen molar-refractivity contribution >= 4 is 0 Å². The van der Waals surface area contributed by atoms with Gasteiger partial charge in [-0.1, -0.05) is 0 Å². The van der Waals surface area contributed by atoms with E-state index in [2.05, 4.69) is 5.32 Å². The largest absolute Gasteiger partial charge is 0.493 e. The predicted octanol–water partition coefficient (Wildman–Crippen LogP) is 2.01. The molecule has 76 valence electrons. The van der Waals surface area contributed by atoms with E-state index in [1.807, 2.05) is 0 Å². The van der Waals surface area contributed by atoms with Gasteiger partial charge >= 0.3 is 0 Å². The van der Waals surface area contributed by atoms with Crippen molar-refractivity contribution in [3.8, 4) is 5.75 Å². The Labute approximate surface area is 80.9 Å². The second-order valence-corrected chi connectivity index (χ2v) is 3.28. The molecule has 0 spiro atoms. The highest BCUT2D eigenvalue weighted by molar-refractivity contribution is 5.39. The van der Waals surface area contributed by atoms with Gasteiger partial charge in [0.15, 0.2) is 0 Å². The van der Waals surface area contributed by atoms with E-state index in [0.717, 1.165) is 6.07 Å². The molecule has 4 heteroatoms. The van der Waals surface area contributed by atoms with E-state index in [1.54, 1.807) is 7.05 Å². The third-order valence-corrected chi connectivity index (χ3v) is 2.42. The maximum absolute atomic E-state index is 13.4. The minimum atomic E-state index is -0.599. The summed E-state index contributed by atoms with van der Waals surface area (Å²) in [5, 5.41) is 2.98. The van der Waals surface area contributed by atoms with E-state index >= 15 is 0 Å². The lowest BCUT2D eigenvalue weighted by Gasteiger charge is -2.25. The molecule has 0 amide bonds. The van der Waals surface area contributed by atoms with Crippen molar-refractivity contribution in [2.24, 2.45) is 0 Å². The van der Waals surface area contributed by atoms with E-state index < -0.39 is 11.6 Å². The van der Waals surface area contributed by atoms with Crippen LogP contribution in [0.1, 0.15) is 18.0 Å². The van der Waals surface area contributed by atoms with Gasteiger partial charge in [0.05, 0.1) is 6.61 Å². The molecule has 0 radical (unpaired) electrons. The number of halogens is 2. The van der Waals surface area contributed by atoms with Crippen LogP contribution in [0.3, 0.4) is 0 Å². The van der Waals surface area contributed by atoms with E-state index in [4.69, 9.17) is 4.74 Å². The normalized spacial score (nSPS) is 20.1. The fraction of sp³-hybridized carbons (Fsp3) is 0.400. The smallest absolute Gasteiger partial charge is 0.134 e. The fourth-order valence-corrected chi connectivity index (χ4v) is 1.74. The van der Waals surface area contributed by atoms with Crippen LogP contribution in [0.15, 0.2) is 12.1 Å². The van der Waals surface area contributed by atoms with Crippen molar-refractivity contribution < 1.29 is 13.5 Å². The first-order valence-corrected chi connectivity index (χ1v) is 4.51. The summed E-state index contributed by atoms with van der Waals surface area (Å²) >= 11 is 0. The molecule has 0 aromatic heterocycles. The summed E-state index contributed by atoms with van der Waals surface area (Å²) < 4.78 is 31.5. The van der Waals surface area contributed by atoms with E-state index in [-0.39, 0.29) is 6.04 Å². The summed E-state index contributed by atoms with van der Waals surface area (Å²) in [6, 6.07) is 2.03. The number of ether oxygens (including phenoxy) is 1. The Balaban J connectivity index is 2.51. The SMILES string of the molecule is CNC1CCOc2cc(F)cc(F)c21. The molecule has 1 N–H and O–H groups in total. The molecule has 0 saturated carbocycles. The Bertz CT molecular complexity index is 354. The lowest BCUT2D eigenvalue weighted by molar-refractivity contribution is 0.250. The molecule has 1 atom stereocenters. The Hall–Kier alpha value is -1.16. The number of fused-ring (bicyclic) bond motifs is 1. The fourth-order valence-electron chi connectivity index (χ4n) is 1.74. The number of hydrogen-bond donors (Lipinski definition) is 1. The Kier molecular flexibility index (Phi) is 2.37. The van der Waals surface area contributed by atoms with Crippen LogP contribution in [0.4, 0.5) is 8.78 Å². The van der Waals surface area contributed by atoms with Crippen molar-refractivity contribution in [1.29, 1.82) is 0 Å². The van der Waals surface area contributed by atoms with Crippen LogP contribution in [-0.2, 0) is 0 Å². The lowest BCUT2D eigenvalue weighted by Crippen LogP contribution is -2.25. The van der Waals surface area contributed by atoms with Gasteiger partial charge in [0.1, 0.15) is 17.4 Å². The molecule has 2 nitrogen and oxygen atoms in total. The van der Waals surface area contributed by atoms with Crippen LogP contribution in [0.5, 0.6) is 5.75 Å². The number of rotatable bonds is 1. The zero-order valence-corrected chi connectivity index (χ0v) is 7.81. The van der Waals surface area contributed by atoms with Crippen LogP contribution in [0.25, 0.3) is 0 Å². The summed E-state index contributed by atoms with van der Waals surface area (Å²) in [7, 11) is 1.75. The van der Waals surface area contributed by atoms with Crippen LogP contribution < -0.4 is 10.1 Å². The van der Waals surface area contributed by atoms with Crippen molar-refractivity contribution in [3.05, 3.63) is 29.3 Å². The monoisotopic (exact) mass is 199 g/mol. The first-order chi connectivity index (χ1) is 6.72. The first kappa shape index (κ1) is 9.40. The van der Waals surface area contributed by atoms with Gasteiger partial charge in [-0.25, -0.2) is 8.78 Å². The van der Waals surface area contributed by atoms with Gasteiger partial charge < -0.3 is 10.1 Å². The average molecular weight is 199 g/mol. The summed E-state index contributed by atoms with van der Waals surface area (Å²) in [6.07, 6.45) is 0.700. The molecule has 2 rings (SSSR count). The predicted molar refractivity (Wildman–Crippen MR) is 48.3 cm³/mol. The molecular weight excluding hydrogens is 188 g/mol. The van der Waals surface area contributed by atoms with Crippen molar-refractivity contribution in [2.45, 2.75) is 12.5 Å². The molecule has 0 aliphatic carbocycles. The summed E-state index contributed by atoms with van der Waals surface area (Å²) in [5.74, 6) is -0.829. The Morgan fingerprint density at radius 1 is 1.43 bits per heavy atom. The molecule has 1 aromatic rings. The van der Waals surface area contributed by atoms with Gasteiger partial charge in [-0.15, -0.1) is 0 Å². The maximum atomic E-state index is 13.4. The van der Waals surface area contributed by atoms with Crippen LogP contribution in [0.2, 0.25) is 0 Å². The molecule has 1 heterocycles. The highest BCUT2D eigenvalue weighted by Crippen LogP contribution is 2.34. The number of hydrogen-bond acceptors (Lipinski definition) is 2. The second-order valence-electron chi connectivity index (χ2n) is 3.28. The van der Waals surface area contributed by atoms with E-state index in [9.17, 15) is 8.78 Å². The standard InChI is InChI=1S/C10H11F2NO/c1-13-8-2-3-14-9-5-6(11)4-7(12)10(8)9/h4-5,8,13H,2-3H2,1H3. The minimum Gasteiger partial charge on any atom is -0.493 e. The van der Waals surface area contributed by atoms with Gasteiger partial charge in [-0.05, 0) is 7.05 Å². The summed E-state index contributed by atoms with van der Waals surface area (Å²) in [6.45, 7) is 0.488. The third-order valence-electron chi connectivity index (χ3n) is 2.42. The molecule has 1 aromatic carbocycles. The van der Waals surface area contributed by atoms with Crippen molar-refractivity contribution in [3.63, 3.8) is 0 Å². The molecule has 1 unspecified atom stereocenters. The minimum absolute atomic E-state index is 0.0839. The maximum Gasteiger partial charge on any atom is 0.134 e. The van der Waals surface area contributed by atoms with Gasteiger partial charge in [0.25, 0.3) is 0 Å². The Morgan fingerprint density at radius 2 is 2.21 bits per heavy atom. The quantitative estimate of drug-likeness (QED) is 0.747. The molecule has 0 fully saturated rings. The zero-order valence-electron chi connectivity index (χ0n) is 7.81. The highest BCUT2D eigenvalue weighted by atomic mass is 19.1. The first-order valence-electron chi connectivity index (χ1n) is 4.51. The summed E-state index contributed by atoms with van der Waals surface area (Å²) in [5.41, 5.74) is 0.431. The molecule has 1 aliphatic heterocycles. The van der Waals surface area contributed by atoms with E-state index in [1.165, 1.54) is 6.07 Å². The van der Waals surface area contributed by atoms with E-state index in [0.29, 0.717) is 24.3 Å². The zero-order chi connectivity index (χ0) is 10.1.